The molecule has 0 aliphatic carbocycles. The fraction of sp³-hybridized carbons (Fsp3) is 0. The predicted molar refractivity (Wildman–Crippen MR) is 50.5 cm³/mol. The molecule has 0 aromatic heterocycles. The van der Waals surface area contributed by atoms with Gasteiger partial charge in [0.25, 0.3) is 0 Å². The van der Waals surface area contributed by atoms with Crippen molar-refractivity contribution in [2.24, 2.45) is 0 Å². The Labute approximate surface area is 81.6 Å². The monoisotopic (exact) mass is 185 g/mol. The summed E-state index contributed by atoms with van der Waals surface area (Å²) in [5.41, 5.74) is 3.77. The van der Waals surface area contributed by atoms with Gasteiger partial charge in [0.05, 0.1) is 0 Å². The van der Waals surface area contributed by atoms with Gasteiger partial charge in [-0.1, -0.05) is 18.2 Å². The van der Waals surface area contributed by atoms with E-state index in [4.69, 9.17) is 15.4 Å². The van der Waals surface area contributed by atoms with Crippen LogP contribution in [-0.4, -0.2) is 0 Å². The third kappa shape index (κ3) is 2.54. The Bertz CT molecular complexity index is 400. The third-order valence-corrected chi connectivity index (χ3v) is 1.47. The second kappa shape index (κ2) is 5.23. The Morgan fingerprint density at radius 3 is 2.50 bits per heavy atom. The van der Waals surface area contributed by atoms with Gasteiger partial charge in [0, 0.05) is 11.8 Å². The molecule has 1 aliphatic rings. The molecular weight excluding hydrogens is 178 g/mol. The maximum atomic E-state index is 7.26. The lowest BCUT2D eigenvalue weighted by atomic mass is 10.2. The minimum atomic E-state index is 0.880. The average Bonchev–Trinajstić information content (AvgIpc) is 2.30. The summed E-state index contributed by atoms with van der Waals surface area (Å²) in [5, 5.41) is 14.5. The smallest absolute Gasteiger partial charge is 0.181 e. The lowest BCUT2D eigenvalue weighted by molar-refractivity contribution is 0.239. The van der Waals surface area contributed by atoms with Crippen molar-refractivity contribution < 1.29 is 4.84 Å². The summed E-state index contributed by atoms with van der Waals surface area (Å²) in [6, 6.07) is 10.3. The van der Waals surface area contributed by atoms with E-state index in [2.05, 4.69) is 5.48 Å². The molecule has 1 N–H and O–H groups in total. The van der Waals surface area contributed by atoms with E-state index in [-0.39, 0.29) is 0 Å². The normalized spacial score (nSPS) is 10.1. The molecule has 0 unspecified atom stereocenters. The summed E-state index contributed by atoms with van der Waals surface area (Å²) in [7, 11) is 0. The van der Waals surface area contributed by atoms with E-state index in [1.807, 2.05) is 30.3 Å². The summed E-state index contributed by atoms with van der Waals surface area (Å²) in [6.45, 7) is 0. The van der Waals surface area contributed by atoms with E-state index < -0.39 is 0 Å². The van der Waals surface area contributed by atoms with Gasteiger partial charge < -0.3 is 4.84 Å². The number of hydrogen-bond donors (Lipinski definition) is 1. The maximum absolute atomic E-state index is 7.26. The van der Waals surface area contributed by atoms with Gasteiger partial charge in [-0.05, 0) is 12.1 Å². The first-order valence-corrected chi connectivity index (χ1v) is 3.84. The summed E-state index contributed by atoms with van der Waals surface area (Å²) in [6.07, 6.45) is 3.74. The maximum Gasteiger partial charge on any atom is 0.181 e. The predicted octanol–water partition coefficient (Wildman–Crippen LogP) is 1.59. The van der Waals surface area contributed by atoms with Crippen molar-refractivity contribution in [2.75, 3.05) is 0 Å². The summed E-state index contributed by atoms with van der Waals surface area (Å²) < 4.78 is 0. The molecule has 0 amide bonds. The van der Waals surface area contributed by atoms with Crippen molar-refractivity contribution in [1.82, 2.24) is 5.48 Å². The Morgan fingerprint density at radius 2 is 1.86 bits per heavy atom. The van der Waals surface area contributed by atoms with Crippen LogP contribution in [0.2, 0.25) is 0 Å². The van der Waals surface area contributed by atoms with Crippen molar-refractivity contribution in [3.8, 4) is 17.9 Å². The molecular formula is C10H7N3O. The first-order valence-electron chi connectivity index (χ1n) is 3.84. The van der Waals surface area contributed by atoms with Crippen LogP contribution in [-0.2, 0) is 0 Å². The van der Waals surface area contributed by atoms with Gasteiger partial charge >= 0.3 is 0 Å². The zero-order valence-electron chi connectivity index (χ0n) is 7.27. The molecule has 1 aliphatic heterocycles. The Hall–Kier alpha value is -2.46. The van der Waals surface area contributed by atoms with Gasteiger partial charge in [0.2, 0.25) is 0 Å². The molecule has 0 bridgehead atoms. The van der Waals surface area contributed by atoms with Gasteiger partial charge in [-0.25, -0.2) is 5.48 Å². The van der Waals surface area contributed by atoms with Gasteiger partial charge in [0.1, 0.15) is 0 Å². The molecule has 2 rings (SSSR count). The molecule has 0 saturated heterocycles. The second-order valence-corrected chi connectivity index (χ2v) is 2.31. The quantitative estimate of drug-likeness (QED) is 0.666. The van der Waals surface area contributed by atoms with Gasteiger partial charge in [-0.15, -0.1) is 0 Å². The molecule has 1 aromatic carbocycles. The van der Waals surface area contributed by atoms with E-state index in [1.54, 1.807) is 6.20 Å². The van der Waals surface area contributed by atoms with Crippen LogP contribution in [0.5, 0.6) is 5.75 Å². The largest absolute Gasteiger partial charge is 0.382 e. The number of para-hydroxylation sites is 1. The summed E-state index contributed by atoms with van der Waals surface area (Å²) >= 11 is 0. The van der Waals surface area contributed by atoms with Crippen LogP contribution in [0, 0.1) is 22.7 Å². The molecule has 4 nitrogen and oxygen atoms in total. The number of nitrogens with one attached hydrogen (secondary N) is 1. The third-order valence-electron chi connectivity index (χ3n) is 1.47. The zero-order chi connectivity index (χ0) is 10.2. The van der Waals surface area contributed by atoms with E-state index in [9.17, 15) is 0 Å². The topological polar surface area (TPSA) is 68.8 Å². The first-order chi connectivity index (χ1) is 6.88. The number of fused-ring (bicyclic) bond motifs is 1. The van der Waals surface area contributed by atoms with Crippen molar-refractivity contribution in [1.29, 1.82) is 10.5 Å². The van der Waals surface area contributed by atoms with Gasteiger partial charge in [0.15, 0.2) is 17.9 Å². The number of rotatable bonds is 0. The number of benzene rings is 1. The first kappa shape index (κ1) is 9.63. The van der Waals surface area contributed by atoms with E-state index in [1.165, 1.54) is 12.1 Å². The van der Waals surface area contributed by atoms with Crippen molar-refractivity contribution >= 4 is 6.08 Å². The van der Waals surface area contributed by atoms with E-state index in [0.29, 0.717) is 0 Å². The molecule has 4 heteroatoms. The van der Waals surface area contributed by atoms with Crippen LogP contribution >= 0.6 is 0 Å². The van der Waals surface area contributed by atoms with Crippen LogP contribution in [0.15, 0.2) is 30.5 Å². The van der Waals surface area contributed by atoms with Crippen molar-refractivity contribution in [3.63, 3.8) is 0 Å². The van der Waals surface area contributed by atoms with Gasteiger partial charge in [-0.3, -0.25) is 0 Å². The molecule has 0 radical (unpaired) electrons. The average molecular weight is 185 g/mol. The van der Waals surface area contributed by atoms with E-state index >= 15 is 0 Å². The van der Waals surface area contributed by atoms with Crippen molar-refractivity contribution in [3.05, 3.63) is 36.0 Å². The van der Waals surface area contributed by atoms with Crippen LogP contribution in [0.25, 0.3) is 6.08 Å². The van der Waals surface area contributed by atoms with Crippen LogP contribution in [0.4, 0.5) is 0 Å². The summed E-state index contributed by atoms with van der Waals surface area (Å²) in [4.78, 5) is 5.09. The van der Waals surface area contributed by atoms with Crippen LogP contribution in [0.3, 0.4) is 0 Å². The van der Waals surface area contributed by atoms with Crippen molar-refractivity contribution in [2.45, 2.75) is 0 Å². The molecule has 1 aromatic rings. The molecule has 14 heavy (non-hydrogen) atoms. The molecule has 68 valence electrons. The molecule has 0 fully saturated rings. The van der Waals surface area contributed by atoms with Gasteiger partial charge in [-0.2, -0.15) is 10.5 Å². The Balaban J connectivity index is 0.000000213. The minimum absolute atomic E-state index is 0.880. The fourth-order valence-corrected chi connectivity index (χ4v) is 0.932. The van der Waals surface area contributed by atoms with Crippen LogP contribution < -0.4 is 10.3 Å². The highest BCUT2D eigenvalue weighted by molar-refractivity contribution is 5.57. The van der Waals surface area contributed by atoms with E-state index in [0.717, 1.165) is 11.3 Å². The standard InChI is InChI=1S/C8H7NO.C2N2/c1-2-4-8-7(3-1)5-6-9-10-8;3-1-2-4/h1-6,9H;. The number of hydroxylamine groups is 1. The Morgan fingerprint density at radius 1 is 1.14 bits per heavy atom. The number of nitriles is 2. The molecule has 0 spiro atoms. The highest BCUT2D eigenvalue weighted by Crippen LogP contribution is 2.20. The lowest BCUT2D eigenvalue weighted by Gasteiger charge is -2.11. The molecule has 1 heterocycles. The Kier molecular flexibility index (Phi) is 3.60. The SMILES string of the molecule is C1=Cc2ccccc2ON1.N#CC#N. The fourth-order valence-electron chi connectivity index (χ4n) is 0.932. The molecule has 0 atom stereocenters. The minimum Gasteiger partial charge on any atom is -0.382 e. The zero-order valence-corrected chi connectivity index (χ0v) is 7.27. The number of hydrogen-bond acceptors (Lipinski definition) is 4. The lowest BCUT2D eigenvalue weighted by Crippen LogP contribution is -2.13. The highest BCUT2D eigenvalue weighted by Gasteiger charge is 2.01. The molecule has 0 saturated carbocycles. The number of nitrogens with zero attached hydrogens (tertiary/aromatic N) is 2. The second-order valence-electron chi connectivity index (χ2n) is 2.31. The highest BCUT2D eigenvalue weighted by atomic mass is 16.6. The summed E-state index contributed by atoms with van der Waals surface area (Å²) in [5.74, 6) is 0.880. The van der Waals surface area contributed by atoms with Crippen LogP contribution in [0.1, 0.15) is 5.56 Å².